The second-order valence-corrected chi connectivity index (χ2v) is 35.4. The highest BCUT2D eigenvalue weighted by atomic mass is 32.2. The van der Waals surface area contributed by atoms with E-state index < -0.39 is 84.5 Å². The van der Waals surface area contributed by atoms with Crippen molar-refractivity contribution in [2.45, 2.75) is 252 Å². The summed E-state index contributed by atoms with van der Waals surface area (Å²) < 4.78 is 189. The highest BCUT2D eigenvalue weighted by Crippen LogP contribution is 2.61. The van der Waals surface area contributed by atoms with Crippen LogP contribution in [0.4, 0.5) is 44.3 Å². The zero-order valence-corrected chi connectivity index (χ0v) is 63.3. The summed E-state index contributed by atoms with van der Waals surface area (Å²) in [7, 11) is -9.01. The molecule has 1 amide bonds. The van der Waals surface area contributed by atoms with Crippen molar-refractivity contribution in [3.8, 4) is 0 Å². The van der Waals surface area contributed by atoms with Gasteiger partial charge in [0.15, 0.2) is 30.1 Å². The fourth-order valence-electron chi connectivity index (χ4n) is 13.1. The van der Waals surface area contributed by atoms with Crippen molar-refractivity contribution < 1.29 is 109 Å². The Morgan fingerprint density at radius 1 is 0.602 bits per heavy atom. The molecule has 3 aromatic carbocycles. The van der Waals surface area contributed by atoms with Crippen LogP contribution in [0.3, 0.4) is 0 Å². The molecule has 17 nitrogen and oxygen atoms in total. The third kappa shape index (κ3) is 30.9. The fourth-order valence-corrected chi connectivity index (χ4v) is 17.3. The van der Waals surface area contributed by atoms with E-state index in [2.05, 4.69) is 122 Å². The van der Waals surface area contributed by atoms with Crippen LogP contribution >= 0.6 is 0 Å². The predicted molar refractivity (Wildman–Crippen MR) is 372 cm³/mol. The summed E-state index contributed by atoms with van der Waals surface area (Å²) in [5.41, 5.74) is -9.58. The number of aliphatic hydroxyl groups is 1. The maximum absolute atomic E-state index is 13.3. The monoisotopic (exact) mass is 1530 g/mol. The van der Waals surface area contributed by atoms with E-state index in [1.54, 1.807) is 20.8 Å². The van der Waals surface area contributed by atoms with Crippen LogP contribution in [0.15, 0.2) is 99.6 Å². The average molecular weight is 1530 g/mol. The zero-order valence-electron chi connectivity index (χ0n) is 60.8. The number of nitrogens with zero attached hydrogens (tertiary/aromatic N) is 2. The topological polar surface area (TPSA) is 246 Å². The number of ether oxygens (including phenoxy) is 4. The smallest absolute Gasteiger partial charge is 0.438 e. The summed E-state index contributed by atoms with van der Waals surface area (Å²) >= 11 is 0. The van der Waals surface area contributed by atoms with Gasteiger partial charge in [0, 0.05) is 39.1 Å². The highest BCUT2D eigenvalue weighted by Gasteiger charge is 2.76. The number of hydrogen-bond acceptors (Lipinski definition) is 16. The minimum Gasteiger partial charge on any atom is -0.748 e. The molecule has 29 heteroatoms. The Balaban J connectivity index is 0.000000283. The van der Waals surface area contributed by atoms with Gasteiger partial charge in [-0.3, -0.25) is 14.5 Å². The lowest BCUT2D eigenvalue weighted by Crippen LogP contribution is -2.65. The third-order valence-corrected chi connectivity index (χ3v) is 23.3. The number of sulfone groups is 1. The number of unbranched alkanes of at least 4 members (excludes halogenated alkanes) is 14. The summed E-state index contributed by atoms with van der Waals surface area (Å²) in [6, 6.07) is 30.7. The van der Waals surface area contributed by atoms with Gasteiger partial charge < -0.3 is 43.4 Å². The molecule has 6 fully saturated rings. The molecule has 4 bridgehead atoms. The van der Waals surface area contributed by atoms with Gasteiger partial charge in [0.1, 0.15) is 12.2 Å². The van der Waals surface area contributed by atoms with Crippen molar-refractivity contribution in [1.82, 2.24) is 9.80 Å². The van der Waals surface area contributed by atoms with E-state index in [4.69, 9.17) is 19.3 Å². The number of carbonyl (C=O) groups is 4. The van der Waals surface area contributed by atoms with E-state index >= 15 is 0 Å². The number of rotatable bonds is 27. The van der Waals surface area contributed by atoms with Crippen LogP contribution in [0.1, 0.15) is 202 Å². The first kappa shape index (κ1) is 90.2. The van der Waals surface area contributed by atoms with Crippen LogP contribution in [-0.2, 0) is 69.6 Å². The molecule has 4 saturated carbocycles. The Morgan fingerprint density at radius 2 is 1.01 bits per heavy atom. The van der Waals surface area contributed by atoms with E-state index in [9.17, 15) is 85.2 Å². The molecule has 0 radical (unpaired) electrons. The zero-order chi connectivity index (χ0) is 77.1. The number of amides is 1. The van der Waals surface area contributed by atoms with Gasteiger partial charge in [0.05, 0.1) is 62.9 Å². The van der Waals surface area contributed by atoms with Crippen molar-refractivity contribution in [1.29, 1.82) is 0 Å². The second kappa shape index (κ2) is 40.7. The normalized spacial score (nSPS) is 20.4. The van der Waals surface area contributed by atoms with Crippen molar-refractivity contribution >= 4 is 54.9 Å². The lowest BCUT2D eigenvalue weighted by Gasteiger charge is -2.55. The van der Waals surface area contributed by atoms with Gasteiger partial charge in [0.25, 0.3) is 0 Å². The van der Waals surface area contributed by atoms with Gasteiger partial charge in [-0.1, -0.05) is 166 Å². The number of morpholine rings is 1. The minimum absolute atomic E-state index is 0.0250. The van der Waals surface area contributed by atoms with Crippen molar-refractivity contribution in [2.24, 2.45) is 23.2 Å². The first-order chi connectivity index (χ1) is 47.8. The maximum atomic E-state index is 13.3. The Labute approximate surface area is 606 Å². The number of halogens is 9. The largest absolute Gasteiger partial charge is 0.748 e. The van der Waals surface area contributed by atoms with Crippen molar-refractivity contribution in [3.05, 3.63) is 90.5 Å². The fraction of sp³-hybridized carbons (Fsp3) is 0.703. The van der Waals surface area contributed by atoms with Crippen LogP contribution in [0, 0.1) is 23.2 Å². The Bertz CT molecular complexity index is 3170. The van der Waals surface area contributed by atoms with E-state index in [1.807, 2.05) is 0 Å². The molecule has 3 aromatic rings. The Hall–Kier alpha value is -5.20. The molecule has 1 unspecified atom stereocenters. The number of alkyl halides is 9. The maximum Gasteiger partial charge on any atom is 0.438 e. The van der Waals surface area contributed by atoms with Gasteiger partial charge in [0.2, 0.25) is 0 Å². The molecule has 9 rings (SSSR count). The van der Waals surface area contributed by atoms with Gasteiger partial charge in [-0.15, -0.1) is 0 Å². The van der Waals surface area contributed by atoms with Crippen LogP contribution < -0.4 is 5.11 Å². The van der Waals surface area contributed by atoms with Crippen LogP contribution in [0.2, 0.25) is 0 Å². The molecule has 6 aliphatic rings. The first-order valence-corrected chi connectivity index (χ1v) is 40.4. The highest BCUT2D eigenvalue weighted by molar-refractivity contribution is 7.97. The quantitative estimate of drug-likeness (QED) is 0.0186. The molecule has 2 saturated heterocycles. The molecule has 103 heavy (non-hydrogen) atoms. The Morgan fingerprint density at radius 3 is 1.37 bits per heavy atom. The number of aliphatic carboxylic acids is 1. The number of hydrogen-bond donors (Lipinski definition) is 1. The lowest BCUT2D eigenvalue weighted by atomic mass is 9.49. The van der Waals surface area contributed by atoms with Gasteiger partial charge in [-0.2, -0.15) is 39.5 Å². The molecule has 2 heterocycles. The van der Waals surface area contributed by atoms with Crippen molar-refractivity contribution in [2.75, 3.05) is 69.8 Å². The number of benzene rings is 3. The molecule has 1 N–H and O–H groups in total. The summed E-state index contributed by atoms with van der Waals surface area (Å²) in [6.45, 7) is 19.9. The van der Waals surface area contributed by atoms with Gasteiger partial charge in [-0.25, -0.2) is 21.6 Å². The number of carboxylic acids is 1. The van der Waals surface area contributed by atoms with Crippen LogP contribution in [0.5, 0.6) is 0 Å². The van der Waals surface area contributed by atoms with E-state index in [0.717, 1.165) is 65.0 Å². The van der Waals surface area contributed by atoms with Crippen LogP contribution in [0.25, 0.3) is 0 Å². The van der Waals surface area contributed by atoms with E-state index in [-0.39, 0.29) is 90.8 Å². The summed E-state index contributed by atoms with van der Waals surface area (Å²) in [5.74, 6) is -7.08. The summed E-state index contributed by atoms with van der Waals surface area (Å²) in [6.07, 6.45) is 5.23. The van der Waals surface area contributed by atoms with Gasteiger partial charge >= 0.3 is 42.2 Å². The average Bonchev–Trinajstić information content (AvgIpc) is 0.725. The predicted octanol–water partition coefficient (Wildman–Crippen LogP) is 15.1. The van der Waals surface area contributed by atoms with Crippen molar-refractivity contribution in [3.63, 3.8) is 0 Å². The van der Waals surface area contributed by atoms with E-state index in [0.29, 0.717) is 13.0 Å². The molecule has 4 aliphatic carbocycles. The third-order valence-electron chi connectivity index (χ3n) is 18.7. The van der Waals surface area contributed by atoms with Crippen LogP contribution in [-0.4, -0.2) is 165 Å². The first-order valence-electron chi connectivity index (χ1n) is 35.7. The standard InChI is InChI=1S/C24H47NO3.C22H23S.C15H18F6O5S.C9H17NO4S.C4H5F3O3/c1-2-3-4-5-6-7-8-9-10-11-12-13-14-15-16-17-24(26)28-23-20-25-18-21-27-22-19-25;1-22(2,3)18-14-16-21(17-15-18)23(19-10-6-4-7-11-19)20-12-8-5-9-13-20;16-14(17,18)13(15(19,20)21,7-27(23,24)25)26-11(22)12-4-8-1-9(5-12)3-10(2-8)6-12;1-9(2,3)14-8(11)10-4-6-15(12,13)7-5-10;1-3(10,2(8)9)4(5,6)7/h2-23H2,1H3;4-17H,1-3H3;8-10H,1-7H2,(H,23,24,25);4-7H2,1-3H3;10H,1H3,(H,8,9)/q;+1;;;/p-2. The lowest BCUT2D eigenvalue weighted by molar-refractivity contribution is -0.364. The van der Waals surface area contributed by atoms with E-state index in [1.165, 1.54) is 109 Å². The second-order valence-electron chi connectivity index (χ2n) is 29.7. The number of esters is 2. The summed E-state index contributed by atoms with van der Waals surface area (Å²) in [5, 5.41) is 17.7. The molecular weight excluding hydrogens is 1420 g/mol. The summed E-state index contributed by atoms with van der Waals surface area (Å²) in [4.78, 5) is 53.3. The minimum atomic E-state index is -6.32. The molecule has 2 aliphatic heterocycles. The molecule has 586 valence electrons. The number of carboxylic acid groups (broad SMARTS) is 1. The SMILES string of the molecule is CC(C)(C)OC(=O)N1CCS(=O)(=O)CC1.CC(C)(C)c1ccc([S+](c2ccccc2)c2ccccc2)cc1.CC(O)(C(=O)[O-])C(F)(F)F.CCCCCCCCCCCCCCCCCC(=O)OCCN1CCOCC1.O=C(OC(CS(=O)(=O)[O-])(C(F)(F)F)C(F)(F)F)C12CC3CC(CC(C3)C1)C2. The van der Waals surface area contributed by atoms with Gasteiger partial charge in [-0.05, 0) is 138 Å². The molecule has 0 aromatic heterocycles. The molecular formula is C74H108F9N2O15S3-. The number of carbonyl (C=O) groups excluding carboxylic acids is 4. The Kier molecular flexibility index (Phi) is 35.6. The molecule has 1 atom stereocenters. The molecule has 0 spiro atoms.